The Morgan fingerprint density at radius 1 is 1.38 bits per heavy atom. The van der Waals surface area contributed by atoms with Crippen LogP contribution in [0.3, 0.4) is 0 Å². The number of rotatable bonds is 4. The highest BCUT2D eigenvalue weighted by atomic mass is 35.5. The van der Waals surface area contributed by atoms with E-state index in [1.807, 2.05) is 0 Å². The maximum atomic E-state index is 13.7. The van der Waals surface area contributed by atoms with Crippen molar-refractivity contribution in [3.63, 3.8) is 0 Å². The summed E-state index contributed by atoms with van der Waals surface area (Å²) in [5, 5.41) is 12.9. The minimum Gasteiger partial charge on any atom is -0.503 e. The molecule has 0 radical (unpaired) electrons. The smallest absolute Gasteiger partial charge is 0.264 e. The number of carbonyl (C=O) groups is 1. The molecule has 8 heteroatoms. The van der Waals surface area contributed by atoms with E-state index in [0.717, 1.165) is 11.8 Å². The molecule has 0 aliphatic carbocycles. The highest BCUT2D eigenvalue weighted by molar-refractivity contribution is 8.18. The number of halogens is 2. The van der Waals surface area contributed by atoms with Crippen molar-refractivity contribution >= 4 is 46.2 Å². The lowest BCUT2D eigenvalue weighted by molar-refractivity contribution is -0.115. The molecule has 2 aromatic carbocycles. The number of nitrogens with one attached hydrogen (secondary N) is 1. The maximum Gasteiger partial charge on any atom is 0.264 e. The van der Waals surface area contributed by atoms with Gasteiger partial charge in [-0.2, -0.15) is 0 Å². The molecule has 0 saturated carbocycles. The van der Waals surface area contributed by atoms with Crippen LogP contribution in [0.1, 0.15) is 12.5 Å². The van der Waals surface area contributed by atoms with Gasteiger partial charge in [-0.15, -0.1) is 0 Å². The van der Waals surface area contributed by atoms with Crippen LogP contribution in [0.5, 0.6) is 11.5 Å². The zero-order valence-electron chi connectivity index (χ0n) is 13.6. The van der Waals surface area contributed by atoms with E-state index in [1.165, 1.54) is 18.2 Å². The van der Waals surface area contributed by atoms with Crippen LogP contribution in [0.15, 0.2) is 46.3 Å². The van der Waals surface area contributed by atoms with Gasteiger partial charge in [-0.05, 0) is 54.6 Å². The molecule has 134 valence electrons. The van der Waals surface area contributed by atoms with Gasteiger partial charge in [0.25, 0.3) is 5.91 Å². The molecule has 5 nitrogen and oxygen atoms in total. The van der Waals surface area contributed by atoms with Crippen molar-refractivity contribution in [3.05, 3.63) is 57.7 Å². The molecule has 0 aromatic heterocycles. The largest absolute Gasteiger partial charge is 0.503 e. The summed E-state index contributed by atoms with van der Waals surface area (Å²) in [6.07, 6.45) is 1.59. The number of nitrogens with zero attached hydrogens (tertiary/aromatic N) is 1. The van der Waals surface area contributed by atoms with Crippen LogP contribution in [-0.4, -0.2) is 22.8 Å². The van der Waals surface area contributed by atoms with E-state index < -0.39 is 5.82 Å². The number of para-hydroxylation sites is 1. The van der Waals surface area contributed by atoms with Gasteiger partial charge in [0.1, 0.15) is 11.5 Å². The van der Waals surface area contributed by atoms with Crippen molar-refractivity contribution < 1.29 is 19.0 Å². The number of hydrogen-bond donors (Lipinski definition) is 2. The highest BCUT2D eigenvalue weighted by Gasteiger charge is 2.24. The number of amidine groups is 1. The Balaban J connectivity index is 1.89. The third kappa shape index (κ3) is 4.00. The monoisotopic (exact) mass is 392 g/mol. The second-order valence-corrected chi connectivity index (χ2v) is 6.65. The summed E-state index contributed by atoms with van der Waals surface area (Å²) in [5.74, 6) is -0.748. The average molecular weight is 393 g/mol. The summed E-state index contributed by atoms with van der Waals surface area (Å²) in [7, 11) is 0. The molecule has 0 bridgehead atoms. The molecule has 0 unspecified atom stereocenters. The van der Waals surface area contributed by atoms with Gasteiger partial charge in [-0.25, -0.2) is 9.38 Å². The Morgan fingerprint density at radius 2 is 2.15 bits per heavy atom. The van der Waals surface area contributed by atoms with Gasteiger partial charge < -0.3 is 15.2 Å². The van der Waals surface area contributed by atoms with Crippen molar-refractivity contribution in [1.29, 1.82) is 0 Å². The number of aliphatic imine (C=N–C) groups is 1. The number of hydrogen-bond acceptors (Lipinski definition) is 5. The molecule has 1 aliphatic rings. The number of thioether (sulfide) groups is 1. The second-order valence-electron chi connectivity index (χ2n) is 5.22. The molecule has 1 aliphatic heterocycles. The lowest BCUT2D eigenvalue weighted by Crippen LogP contribution is -2.19. The molecule has 0 atom stereocenters. The number of amides is 1. The normalized spacial score (nSPS) is 17.0. The summed E-state index contributed by atoms with van der Waals surface area (Å²) >= 11 is 7.08. The zero-order chi connectivity index (χ0) is 18.7. The van der Waals surface area contributed by atoms with Crippen LogP contribution >= 0.6 is 23.4 Å². The molecule has 2 N–H and O–H groups in total. The summed E-state index contributed by atoms with van der Waals surface area (Å²) < 4.78 is 19.0. The van der Waals surface area contributed by atoms with E-state index in [0.29, 0.717) is 17.1 Å². The first kappa shape index (κ1) is 18.3. The number of benzene rings is 2. The van der Waals surface area contributed by atoms with Crippen molar-refractivity contribution in [2.24, 2.45) is 4.99 Å². The molecule has 0 spiro atoms. The first-order valence-corrected chi connectivity index (χ1v) is 8.86. The lowest BCUT2D eigenvalue weighted by atomic mass is 10.2. The SMILES string of the molecule is CCOc1cc(/C=C2\SC(=Nc3ccccc3F)NC2=O)cc(Cl)c1O. The summed E-state index contributed by atoms with van der Waals surface area (Å²) in [6.45, 7) is 2.14. The molecule has 1 heterocycles. The van der Waals surface area contributed by atoms with Crippen LogP contribution in [0, 0.1) is 5.82 Å². The topological polar surface area (TPSA) is 70.9 Å². The number of aromatic hydroxyl groups is 1. The van der Waals surface area contributed by atoms with Gasteiger partial charge in [0.2, 0.25) is 0 Å². The van der Waals surface area contributed by atoms with Crippen molar-refractivity contribution in [2.45, 2.75) is 6.92 Å². The number of phenols is 1. The van der Waals surface area contributed by atoms with E-state index in [1.54, 1.807) is 31.2 Å². The van der Waals surface area contributed by atoms with Crippen LogP contribution in [-0.2, 0) is 4.79 Å². The first-order chi connectivity index (χ1) is 12.5. The molecule has 26 heavy (non-hydrogen) atoms. The molecular formula is C18H14ClFN2O3S. The Kier molecular flexibility index (Phi) is 5.49. The summed E-state index contributed by atoms with van der Waals surface area (Å²) in [4.78, 5) is 16.6. The number of ether oxygens (including phenoxy) is 1. The Hall–Kier alpha value is -2.51. The van der Waals surface area contributed by atoms with E-state index in [2.05, 4.69) is 10.3 Å². The molecule has 2 aromatic rings. The standard InChI is InChI=1S/C18H14ClFN2O3S/c1-2-25-14-8-10(7-11(19)16(14)23)9-15-17(24)22-18(26-15)21-13-6-4-3-5-12(13)20/h3-9,23H,2H2,1H3,(H,21,22,24)/b15-9-. The number of carbonyl (C=O) groups excluding carboxylic acids is 1. The second kappa shape index (κ2) is 7.80. The van der Waals surface area contributed by atoms with Gasteiger partial charge >= 0.3 is 0 Å². The fraction of sp³-hybridized carbons (Fsp3) is 0.111. The van der Waals surface area contributed by atoms with Crippen molar-refractivity contribution in [1.82, 2.24) is 5.32 Å². The fourth-order valence-electron chi connectivity index (χ4n) is 2.23. The van der Waals surface area contributed by atoms with Gasteiger partial charge in [0, 0.05) is 0 Å². The van der Waals surface area contributed by atoms with E-state index in [-0.39, 0.29) is 33.3 Å². The summed E-state index contributed by atoms with van der Waals surface area (Å²) in [5.41, 5.74) is 0.726. The quantitative estimate of drug-likeness (QED) is 0.753. The highest BCUT2D eigenvalue weighted by Crippen LogP contribution is 2.37. The Bertz CT molecular complexity index is 931. The predicted molar refractivity (Wildman–Crippen MR) is 101 cm³/mol. The van der Waals surface area contributed by atoms with Gasteiger partial charge in [0.05, 0.1) is 16.5 Å². The van der Waals surface area contributed by atoms with Crippen LogP contribution < -0.4 is 10.1 Å². The van der Waals surface area contributed by atoms with Crippen LogP contribution in [0.4, 0.5) is 10.1 Å². The van der Waals surface area contributed by atoms with Crippen LogP contribution in [0.25, 0.3) is 6.08 Å². The predicted octanol–water partition coefficient (Wildman–Crippen LogP) is 4.48. The third-order valence-electron chi connectivity index (χ3n) is 3.37. The fourth-order valence-corrected chi connectivity index (χ4v) is 3.28. The van der Waals surface area contributed by atoms with E-state index >= 15 is 0 Å². The van der Waals surface area contributed by atoms with Gasteiger partial charge in [0.15, 0.2) is 16.7 Å². The average Bonchev–Trinajstić information content (AvgIpc) is 2.94. The molecule has 1 amide bonds. The molecule has 1 saturated heterocycles. The van der Waals surface area contributed by atoms with E-state index in [4.69, 9.17) is 16.3 Å². The first-order valence-electron chi connectivity index (χ1n) is 7.67. The minimum atomic E-state index is -0.473. The van der Waals surface area contributed by atoms with E-state index in [9.17, 15) is 14.3 Å². The maximum absolute atomic E-state index is 13.7. The van der Waals surface area contributed by atoms with Gasteiger partial charge in [-0.3, -0.25) is 4.79 Å². The van der Waals surface area contributed by atoms with Crippen molar-refractivity contribution in [2.75, 3.05) is 6.61 Å². The Labute approximate surface area is 158 Å². The summed E-state index contributed by atoms with van der Waals surface area (Å²) in [6, 6.07) is 9.14. The Morgan fingerprint density at radius 3 is 2.88 bits per heavy atom. The lowest BCUT2D eigenvalue weighted by Gasteiger charge is -2.08. The molecule has 1 fully saturated rings. The molecular weight excluding hydrogens is 379 g/mol. The minimum absolute atomic E-state index is 0.117. The van der Waals surface area contributed by atoms with Gasteiger partial charge in [-0.1, -0.05) is 23.7 Å². The third-order valence-corrected chi connectivity index (χ3v) is 4.57. The van der Waals surface area contributed by atoms with Crippen LogP contribution in [0.2, 0.25) is 5.02 Å². The zero-order valence-corrected chi connectivity index (χ0v) is 15.2. The number of phenolic OH excluding ortho intramolecular Hbond substituents is 1. The molecule has 3 rings (SSSR count). The van der Waals surface area contributed by atoms with Crippen molar-refractivity contribution in [3.8, 4) is 11.5 Å².